The molecule has 0 aliphatic carbocycles. The van der Waals surface area contributed by atoms with Crippen LogP contribution in [0.1, 0.15) is 22.5 Å². The Morgan fingerprint density at radius 3 is 2.53 bits per heavy atom. The second-order valence-electron chi connectivity index (χ2n) is 7.10. The van der Waals surface area contributed by atoms with Crippen LogP contribution in [0.4, 0.5) is 19.1 Å². The zero-order chi connectivity index (χ0) is 22.4. The molecule has 0 fully saturated rings. The number of halogens is 3. The van der Waals surface area contributed by atoms with Crippen molar-refractivity contribution < 1.29 is 18.0 Å². The maximum atomic E-state index is 13.7. The second kappa shape index (κ2) is 7.49. The lowest BCUT2D eigenvalue weighted by molar-refractivity contribution is 0.102. The second-order valence-corrected chi connectivity index (χ2v) is 7.10. The minimum Gasteiger partial charge on any atom is -0.313 e. The van der Waals surface area contributed by atoms with Gasteiger partial charge in [0.1, 0.15) is 17.1 Å². The molecule has 3 heterocycles. The van der Waals surface area contributed by atoms with Crippen molar-refractivity contribution in [1.29, 1.82) is 0 Å². The van der Waals surface area contributed by atoms with Gasteiger partial charge in [-0.15, -0.1) is 0 Å². The van der Waals surface area contributed by atoms with Crippen molar-refractivity contribution >= 4 is 28.5 Å². The molecule has 160 valence electrons. The molecule has 0 atom stereocenters. The zero-order valence-electron chi connectivity index (χ0n) is 16.6. The normalized spacial score (nSPS) is 11.5. The van der Waals surface area contributed by atoms with Crippen LogP contribution in [0, 0.1) is 5.82 Å². The Bertz CT molecular complexity index is 1470. The number of carbonyl (C=O) groups excluding carboxylic acids is 1. The highest BCUT2D eigenvalue weighted by Gasteiger charge is 2.22. The molecule has 2 aromatic carbocycles. The van der Waals surface area contributed by atoms with E-state index in [1.807, 2.05) is 24.3 Å². The van der Waals surface area contributed by atoms with E-state index in [9.17, 15) is 18.0 Å². The number of nitrogens with one attached hydrogen (secondary N) is 1. The highest BCUT2D eigenvalue weighted by atomic mass is 19.3. The van der Waals surface area contributed by atoms with E-state index in [2.05, 4.69) is 20.4 Å². The average molecular weight is 436 g/mol. The lowest BCUT2D eigenvalue weighted by Gasteiger charge is -2.09. The van der Waals surface area contributed by atoms with Gasteiger partial charge in [-0.05, 0) is 42.5 Å². The van der Waals surface area contributed by atoms with Crippen LogP contribution < -0.4 is 5.32 Å². The SMILES string of the molecule is Cn1c(NC(=O)c2cnn3c(C(F)F)cc(-c4ccc(F)cc4)nc23)nc2ccccc21. The Hall–Kier alpha value is -4.21. The monoisotopic (exact) mass is 436 g/mol. The number of benzene rings is 2. The van der Waals surface area contributed by atoms with Gasteiger partial charge in [0.15, 0.2) is 5.65 Å². The quantitative estimate of drug-likeness (QED) is 0.446. The largest absolute Gasteiger partial charge is 0.313 e. The van der Waals surface area contributed by atoms with Gasteiger partial charge in [-0.1, -0.05) is 12.1 Å². The van der Waals surface area contributed by atoms with Crippen LogP contribution in [0.15, 0.2) is 60.8 Å². The number of fused-ring (bicyclic) bond motifs is 2. The maximum absolute atomic E-state index is 13.7. The number of anilines is 1. The molecule has 10 heteroatoms. The van der Waals surface area contributed by atoms with E-state index in [1.54, 1.807) is 11.6 Å². The number of rotatable bonds is 4. The van der Waals surface area contributed by atoms with Gasteiger partial charge in [0.2, 0.25) is 5.95 Å². The number of imidazole rings is 1. The first-order chi connectivity index (χ1) is 15.4. The number of amides is 1. The topological polar surface area (TPSA) is 77.1 Å². The fraction of sp³-hybridized carbons (Fsp3) is 0.0909. The molecule has 0 radical (unpaired) electrons. The lowest BCUT2D eigenvalue weighted by atomic mass is 10.1. The van der Waals surface area contributed by atoms with Crippen LogP contribution in [-0.4, -0.2) is 30.1 Å². The summed E-state index contributed by atoms with van der Waals surface area (Å²) in [5.41, 5.74) is 1.64. The first-order valence-electron chi connectivity index (χ1n) is 9.58. The highest BCUT2D eigenvalue weighted by molar-refractivity contribution is 6.08. The smallest absolute Gasteiger partial charge is 0.280 e. The molecule has 7 nitrogen and oxygen atoms in total. The summed E-state index contributed by atoms with van der Waals surface area (Å²) >= 11 is 0. The van der Waals surface area contributed by atoms with Gasteiger partial charge in [-0.25, -0.2) is 27.7 Å². The summed E-state index contributed by atoms with van der Waals surface area (Å²) < 4.78 is 43.4. The third-order valence-electron chi connectivity index (χ3n) is 5.12. The molecular weight excluding hydrogens is 421 g/mol. The molecular formula is C22H15F3N6O. The van der Waals surface area contributed by atoms with Gasteiger partial charge in [0.25, 0.3) is 12.3 Å². The van der Waals surface area contributed by atoms with Crippen LogP contribution in [0.25, 0.3) is 27.9 Å². The Morgan fingerprint density at radius 1 is 1.06 bits per heavy atom. The third kappa shape index (κ3) is 3.25. The van der Waals surface area contributed by atoms with Crippen LogP contribution in [0.2, 0.25) is 0 Å². The van der Waals surface area contributed by atoms with Crippen molar-refractivity contribution in [3.05, 3.63) is 77.9 Å². The lowest BCUT2D eigenvalue weighted by Crippen LogP contribution is -2.15. The Labute approximate surface area is 179 Å². The van der Waals surface area contributed by atoms with E-state index < -0.39 is 23.8 Å². The predicted octanol–water partition coefficient (Wildman–Crippen LogP) is 4.61. The molecule has 0 saturated heterocycles. The molecule has 1 amide bonds. The number of hydrogen-bond donors (Lipinski definition) is 1. The summed E-state index contributed by atoms with van der Waals surface area (Å²) in [6, 6.07) is 13.8. The first-order valence-corrected chi connectivity index (χ1v) is 9.58. The van der Waals surface area contributed by atoms with Gasteiger partial charge in [-0.2, -0.15) is 5.10 Å². The number of aromatic nitrogens is 5. The van der Waals surface area contributed by atoms with Crippen molar-refractivity contribution in [2.75, 3.05) is 5.32 Å². The molecule has 0 saturated carbocycles. The van der Waals surface area contributed by atoms with Gasteiger partial charge < -0.3 is 4.57 Å². The minimum absolute atomic E-state index is 0.00270. The Kier molecular flexibility index (Phi) is 4.62. The maximum Gasteiger partial charge on any atom is 0.280 e. The minimum atomic E-state index is -2.87. The summed E-state index contributed by atoms with van der Waals surface area (Å²) in [5.74, 6) is -0.766. The van der Waals surface area contributed by atoms with E-state index in [-0.39, 0.29) is 16.9 Å². The highest BCUT2D eigenvalue weighted by Crippen LogP contribution is 2.27. The van der Waals surface area contributed by atoms with Crippen molar-refractivity contribution in [3.63, 3.8) is 0 Å². The molecule has 1 N–H and O–H groups in total. The van der Waals surface area contributed by atoms with E-state index in [0.717, 1.165) is 10.0 Å². The van der Waals surface area contributed by atoms with E-state index in [4.69, 9.17) is 0 Å². The average Bonchev–Trinajstić information content (AvgIpc) is 3.35. The van der Waals surface area contributed by atoms with Gasteiger partial charge in [0, 0.05) is 12.6 Å². The Morgan fingerprint density at radius 2 is 1.81 bits per heavy atom. The third-order valence-corrected chi connectivity index (χ3v) is 5.12. The molecule has 0 aliphatic rings. The standard InChI is InChI=1S/C22H15F3N6O/c1-30-17-5-3-2-4-15(17)28-22(30)29-21(32)14-11-26-31-18(19(24)25)10-16(27-20(14)31)12-6-8-13(23)9-7-12/h2-11,19H,1H3,(H,28,29,32). The van der Waals surface area contributed by atoms with Crippen LogP contribution >= 0.6 is 0 Å². The van der Waals surface area contributed by atoms with Crippen molar-refractivity contribution in [2.24, 2.45) is 7.05 Å². The van der Waals surface area contributed by atoms with E-state index in [1.165, 1.54) is 36.5 Å². The van der Waals surface area contributed by atoms with Gasteiger partial charge >= 0.3 is 0 Å². The molecule has 0 aliphatic heterocycles. The van der Waals surface area contributed by atoms with Crippen LogP contribution in [0.5, 0.6) is 0 Å². The number of hydrogen-bond acceptors (Lipinski definition) is 4. The Balaban J connectivity index is 1.59. The summed E-state index contributed by atoms with van der Waals surface area (Å²) in [5, 5.41) is 6.63. The molecule has 5 rings (SSSR count). The van der Waals surface area contributed by atoms with Crippen molar-refractivity contribution in [2.45, 2.75) is 6.43 Å². The molecule has 0 bridgehead atoms. The van der Waals surface area contributed by atoms with Crippen molar-refractivity contribution in [3.8, 4) is 11.3 Å². The summed E-state index contributed by atoms with van der Waals surface area (Å²) in [6.45, 7) is 0. The molecule has 5 aromatic rings. The number of carbonyl (C=O) groups is 1. The zero-order valence-corrected chi connectivity index (χ0v) is 16.6. The fourth-order valence-corrected chi connectivity index (χ4v) is 3.50. The van der Waals surface area contributed by atoms with Gasteiger partial charge in [0.05, 0.1) is 22.9 Å². The summed E-state index contributed by atoms with van der Waals surface area (Å²) in [7, 11) is 1.75. The predicted molar refractivity (Wildman–Crippen MR) is 112 cm³/mol. The van der Waals surface area contributed by atoms with Crippen LogP contribution in [0.3, 0.4) is 0 Å². The van der Waals surface area contributed by atoms with E-state index in [0.29, 0.717) is 17.0 Å². The summed E-state index contributed by atoms with van der Waals surface area (Å²) in [4.78, 5) is 21.7. The van der Waals surface area contributed by atoms with Crippen LogP contribution in [-0.2, 0) is 7.05 Å². The molecule has 3 aromatic heterocycles. The molecule has 0 unspecified atom stereocenters. The fourth-order valence-electron chi connectivity index (χ4n) is 3.50. The molecule has 32 heavy (non-hydrogen) atoms. The summed E-state index contributed by atoms with van der Waals surface area (Å²) in [6.07, 6.45) is -1.68. The van der Waals surface area contributed by atoms with Gasteiger partial charge in [-0.3, -0.25) is 10.1 Å². The molecule has 0 spiro atoms. The number of para-hydroxylation sites is 2. The number of alkyl halides is 2. The first kappa shape index (κ1) is 19.7. The van der Waals surface area contributed by atoms with Crippen molar-refractivity contribution in [1.82, 2.24) is 24.1 Å². The number of nitrogens with zero attached hydrogens (tertiary/aromatic N) is 5. The van der Waals surface area contributed by atoms with E-state index >= 15 is 0 Å². The number of aryl methyl sites for hydroxylation is 1.